The van der Waals surface area contributed by atoms with Crippen molar-refractivity contribution in [2.75, 3.05) is 5.32 Å². The normalized spacial score (nSPS) is 11.8. The Morgan fingerprint density at radius 2 is 2.00 bits per heavy atom. The monoisotopic (exact) mass is 270 g/mol. The third-order valence-corrected chi connectivity index (χ3v) is 3.01. The maximum Gasteiger partial charge on any atom is 0.224 e. The standard InChI is InChI=1S/C15H15FN4/c1-9-4-5-12(7-14(9)16)11(3)19-15-18-10(2)6-13(8-17)20-15/h4-7,11H,1-3H3,(H,18,19,20). The molecule has 0 saturated heterocycles. The van der Waals surface area contributed by atoms with Crippen LogP contribution < -0.4 is 5.32 Å². The molecule has 0 radical (unpaired) electrons. The Balaban J connectivity index is 2.23. The van der Waals surface area contributed by atoms with Gasteiger partial charge in [0.2, 0.25) is 5.95 Å². The average molecular weight is 270 g/mol. The number of anilines is 1. The van der Waals surface area contributed by atoms with Gasteiger partial charge in [0.1, 0.15) is 17.6 Å². The van der Waals surface area contributed by atoms with Gasteiger partial charge in [-0.15, -0.1) is 0 Å². The minimum absolute atomic E-state index is 0.154. The van der Waals surface area contributed by atoms with Gasteiger partial charge in [0.25, 0.3) is 0 Å². The van der Waals surface area contributed by atoms with E-state index in [0.29, 0.717) is 22.9 Å². The first-order valence-corrected chi connectivity index (χ1v) is 6.28. The lowest BCUT2D eigenvalue weighted by atomic mass is 10.1. The first kappa shape index (κ1) is 13.9. The van der Waals surface area contributed by atoms with E-state index < -0.39 is 0 Å². The van der Waals surface area contributed by atoms with Crippen molar-refractivity contribution in [2.45, 2.75) is 26.8 Å². The van der Waals surface area contributed by atoms with Crippen LogP contribution in [0.3, 0.4) is 0 Å². The molecule has 0 aliphatic carbocycles. The zero-order valence-electron chi connectivity index (χ0n) is 11.6. The van der Waals surface area contributed by atoms with Gasteiger partial charge in [-0.25, -0.2) is 14.4 Å². The summed E-state index contributed by atoms with van der Waals surface area (Å²) in [5.74, 6) is 0.133. The third kappa shape index (κ3) is 3.09. The Bertz CT molecular complexity index is 676. The van der Waals surface area contributed by atoms with Gasteiger partial charge in [0.05, 0.1) is 6.04 Å². The van der Waals surface area contributed by atoms with Crippen LogP contribution in [-0.4, -0.2) is 9.97 Å². The van der Waals surface area contributed by atoms with Crippen molar-refractivity contribution in [1.82, 2.24) is 9.97 Å². The first-order chi connectivity index (χ1) is 9.49. The molecule has 1 aromatic heterocycles. The van der Waals surface area contributed by atoms with Crippen LogP contribution >= 0.6 is 0 Å². The van der Waals surface area contributed by atoms with E-state index in [1.54, 1.807) is 26.0 Å². The number of hydrogen-bond acceptors (Lipinski definition) is 4. The van der Waals surface area contributed by atoms with E-state index in [2.05, 4.69) is 15.3 Å². The molecule has 1 unspecified atom stereocenters. The summed E-state index contributed by atoms with van der Waals surface area (Å²) in [5, 5.41) is 12.0. The lowest BCUT2D eigenvalue weighted by Crippen LogP contribution is -2.11. The predicted octanol–water partition coefficient (Wildman–Crippen LogP) is 3.28. The summed E-state index contributed by atoms with van der Waals surface area (Å²) in [4.78, 5) is 8.30. The lowest BCUT2D eigenvalue weighted by molar-refractivity contribution is 0.614. The van der Waals surface area contributed by atoms with Crippen LogP contribution in [0, 0.1) is 31.0 Å². The first-order valence-electron chi connectivity index (χ1n) is 6.28. The minimum atomic E-state index is -0.237. The van der Waals surface area contributed by atoms with E-state index in [1.165, 1.54) is 6.07 Å². The second-order valence-electron chi connectivity index (χ2n) is 4.70. The molecular formula is C15H15FN4. The zero-order valence-corrected chi connectivity index (χ0v) is 11.6. The summed E-state index contributed by atoms with van der Waals surface area (Å²) in [7, 11) is 0. The summed E-state index contributed by atoms with van der Waals surface area (Å²) in [6.45, 7) is 5.41. The molecule has 0 fully saturated rings. The zero-order chi connectivity index (χ0) is 14.7. The largest absolute Gasteiger partial charge is 0.348 e. The van der Waals surface area contributed by atoms with Crippen LogP contribution in [0.1, 0.15) is 35.5 Å². The summed E-state index contributed by atoms with van der Waals surface area (Å²) < 4.78 is 13.6. The third-order valence-electron chi connectivity index (χ3n) is 3.01. The Morgan fingerprint density at radius 1 is 1.25 bits per heavy atom. The molecule has 0 aliphatic heterocycles. The van der Waals surface area contributed by atoms with E-state index in [1.807, 2.05) is 19.1 Å². The smallest absolute Gasteiger partial charge is 0.224 e. The summed E-state index contributed by atoms with van der Waals surface area (Å²) in [6.07, 6.45) is 0. The molecule has 20 heavy (non-hydrogen) atoms. The topological polar surface area (TPSA) is 61.6 Å². The number of rotatable bonds is 3. The van der Waals surface area contributed by atoms with E-state index in [-0.39, 0.29) is 11.9 Å². The van der Waals surface area contributed by atoms with E-state index in [0.717, 1.165) is 5.56 Å². The van der Waals surface area contributed by atoms with Crippen LogP contribution in [-0.2, 0) is 0 Å². The average Bonchev–Trinajstić information content (AvgIpc) is 2.41. The Hall–Kier alpha value is -2.48. The van der Waals surface area contributed by atoms with Gasteiger partial charge in [-0.05, 0) is 44.0 Å². The van der Waals surface area contributed by atoms with Crippen molar-refractivity contribution < 1.29 is 4.39 Å². The molecule has 1 aromatic carbocycles. The molecule has 0 spiro atoms. The van der Waals surface area contributed by atoms with Crippen molar-refractivity contribution in [1.29, 1.82) is 5.26 Å². The number of benzene rings is 1. The van der Waals surface area contributed by atoms with Crippen LogP contribution in [0.25, 0.3) is 0 Å². The summed E-state index contributed by atoms with van der Waals surface area (Å²) in [5.41, 5.74) is 2.43. The van der Waals surface area contributed by atoms with Gasteiger partial charge in [0, 0.05) is 5.69 Å². The second kappa shape index (κ2) is 5.66. The Kier molecular flexibility index (Phi) is 3.94. The highest BCUT2D eigenvalue weighted by molar-refractivity contribution is 5.37. The van der Waals surface area contributed by atoms with Gasteiger partial charge in [-0.3, -0.25) is 0 Å². The van der Waals surface area contributed by atoms with Gasteiger partial charge >= 0.3 is 0 Å². The van der Waals surface area contributed by atoms with E-state index in [9.17, 15) is 4.39 Å². The fourth-order valence-electron chi connectivity index (χ4n) is 1.85. The molecule has 0 saturated carbocycles. The predicted molar refractivity (Wildman–Crippen MR) is 74.7 cm³/mol. The number of nitriles is 1. The Labute approximate surface area is 117 Å². The van der Waals surface area contributed by atoms with E-state index in [4.69, 9.17) is 5.26 Å². The number of nitrogens with one attached hydrogen (secondary N) is 1. The van der Waals surface area contributed by atoms with Crippen molar-refractivity contribution in [3.63, 3.8) is 0 Å². The van der Waals surface area contributed by atoms with Gasteiger partial charge in [-0.1, -0.05) is 12.1 Å². The van der Waals surface area contributed by atoms with Crippen LogP contribution in [0.4, 0.5) is 10.3 Å². The quantitative estimate of drug-likeness (QED) is 0.929. The molecule has 5 heteroatoms. The fourth-order valence-corrected chi connectivity index (χ4v) is 1.85. The molecule has 1 heterocycles. The number of halogens is 1. The molecule has 0 amide bonds. The van der Waals surface area contributed by atoms with Gasteiger partial charge < -0.3 is 5.32 Å². The highest BCUT2D eigenvalue weighted by Gasteiger charge is 2.10. The maximum absolute atomic E-state index is 13.6. The van der Waals surface area contributed by atoms with Crippen molar-refractivity contribution in [3.05, 3.63) is 52.6 Å². The fraction of sp³-hybridized carbons (Fsp3) is 0.267. The molecule has 0 bridgehead atoms. The van der Waals surface area contributed by atoms with Crippen molar-refractivity contribution in [3.8, 4) is 6.07 Å². The van der Waals surface area contributed by atoms with Gasteiger partial charge in [-0.2, -0.15) is 5.26 Å². The summed E-state index contributed by atoms with van der Waals surface area (Å²) >= 11 is 0. The molecule has 0 aliphatic rings. The molecular weight excluding hydrogens is 255 g/mol. The molecule has 2 rings (SSSR count). The maximum atomic E-state index is 13.6. The van der Waals surface area contributed by atoms with Crippen LogP contribution in [0.2, 0.25) is 0 Å². The number of hydrogen-bond donors (Lipinski definition) is 1. The highest BCUT2D eigenvalue weighted by atomic mass is 19.1. The van der Waals surface area contributed by atoms with Crippen LogP contribution in [0.5, 0.6) is 0 Å². The molecule has 2 aromatic rings. The second-order valence-corrected chi connectivity index (χ2v) is 4.70. The van der Waals surface area contributed by atoms with Gasteiger partial charge in [0.15, 0.2) is 0 Å². The summed E-state index contributed by atoms with van der Waals surface area (Å²) in [6, 6.07) is 8.53. The lowest BCUT2D eigenvalue weighted by Gasteiger charge is -2.15. The minimum Gasteiger partial charge on any atom is -0.348 e. The Morgan fingerprint density at radius 3 is 2.65 bits per heavy atom. The number of aromatic nitrogens is 2. The van der Waals surface area contributed by atoms with E-state index >= 15 is 0 Å². The highest BCUT2D eigenvalue weighted by Crippen LogP contribution is 2.19. The molecule has 4 nitrogen and oxygen atoms in total. The number of nitrogens with zero attached hydrogens (tertiary/aromatic N) is 3. The SMILES string of the molecule is Cc1cc(C#N)nc(NC(C)c2ccc(C)c(F)c2)n1. The molecule has 1 atom stereocenters. The van der Waals surface area contributed by atoms with Crippen molar-refractivity contribution in [2.24, 2.45) is 0 Å². The molecule has 1 N–H and O–H groups in total. The van der Waals surface area contributed by atoms with Crippen LogP contribution in [0.15, 0.2) is 24.3 Å². The van der Waals surface area contributed by atoms with Crippen molar-refractivity contribution >= 4 is 5.95 Å². The molecule has 102 valence electrons. The number of aryl methyl sites for hydroxylation is 2.